The number of carboxylic acid groups (broad SMARTS) is 1. The molecule has 0 saturated heterocycles. The Morgan fingerprint density at radius 2 is 2.05 bits per heavy atom. The van der Waals surface area contributed by atoms with Crippen LogP contribution in [-0.2, 0) is 11.2 Å². The number of methoxy groups -OCH3 is 1. The Kier molecular flexibility index (Phi) is 4.46. The van der Waals surface area contributed by atoms with Crippen LogP contribution in [0.25, 0.3) is 0 Å². The number of alkyl halides is 3. The van der Waals surface area contributed by atoms with E-state index in [0.29, 0.717) is 4.47 Å². The molecule has 0 aromatic heterocycles. The van der Waals surface area contributed by atoms with Crippen LogP contribution in [0.4, 0.5) is 13.2 Å². The molecule has 19 heavy (non-hydrogen) atoms. The Bertz CT molecular complexity index is 493. The monoisotopic (exact) mass is 341 g/mol. The molecule has 0 radical (unpaired) electrons. The molecule has 106 valence electrons. The summed E-state index contributed by atoms with van der Waals surface area (Å²) < 4.78 is 43.9. The first-order valence-electron chi connectivity index (χ1n) is 5.03. The van der Waals surface area contributed by atoms with Crippen molar-refractivity contribution < 1.29 is 27.8 Å². The molecular formula is C11H11BrF3NO3. The van der Waals surface area contributed by atoms with Crippen molar-refractivity contribution in [1.82, 2.24) is 0 Å². The molecule has 1 rings (SSSR count). The van der Waals surface area contributed by atoms with Crippen LogP contribution < -0.4 is 10.5 Å². The molecular weight excluding hydrogens is 331 g/mol. The van der Waals surface area contributed by atoms with Crippen molar-refractivity contribution in [2.24, 2.45) is 5.73 Å². The second-order valence-electron chi connectivity index (χ2n) is 3.91. The highest BCUT2D eigenvalue weighted by atomic mass is 79.9. The summed E-state index contributed by atoms with van der Waals surface area (Å²) in [7, 11) is 1.28. The number of nitrogens with two attached hydrogens (primary N) is 1. The summed E-state index contributed by atoms with van der Waals surface area (Å²) in [4.78, 5) is 10.9. The minimum Gasteiger partial charge on any atom is -0.496 e. The van der Waals surface area contributed by atoms with Crippen LogP contribution in [0.2, 0.25) is 0 Å². The largest absolute Gasteiger partial charge is 0.496 e. The first kappa shape index (κ1) is 15.8. The van der Waals surface area contributed by atoms with Gasteiger partial charge in [-0.3, -0.25) is 0 Å². The van der Waals surface area contributed by atoms with Gasteiger partial charge in [0.05, 0.1) is 7.11 Å². The van der Waals surface area contributed by atoms with Gasteiger partial charge in [-0.25, -0.2) is 4.79 Å². The molecule has 8 heteroatoms. The topological polar surface area (TPSA) is 72.5 Å². The second-order valence-corrected chi connectivity index (χ2v) is 4.82. The molecule has 0 aliphatic carbocycles. The van der Waals surface area contributed by atoms with Gasteiger partial charge in [0, 0.05) is 10.9 Å². The van der Waals surface area contributed by atoms with Crippen LogP contribution >= 0.6 is 15.9 Å². The Balaban J connectivity index is 3.25. The zero-order valence-electron chi connectivity index (χ0n) is 9.79. The first-order valence-corrected chi connectivity index (χ1v) is 5.82. The quantitative estimate of drug-likeness (QED) is 0.881. The lowest BCUT2D eigenvalue weighted by Gasteiger charge is -2.28. The van der Waals surface area contributed by atoms with Gasteiger partial charge in [0.15, 0.2) is 0 Å². The summed E-state index contributed by atoms with van der Waals surface area (Å²) in [6.45, 7) is 0. The van der Waals surface area contributed by atoms with Crippen molar-refractivity contribution in [3.05, 3.63) is 28.2 Å². The molecule has 0 amide bonds. The van der Waals surface area contributed by atoms with E-state index in [1.54, 1.807) is 6.07 Å². The highest BCUT2D eigenvalue weighted by Crippen LogP contribution is 2.34. The summed E-state index contributed by atoms with van der Waals surface area (Å²) in [5.41, 5.74) is 1.72. The van der Waals surface area contributed by atoms with E-state index in [-0.39, 0.29) is 11.3 Å². The summed E-state index contributed by atoms with van der Waals surface area (Å²) in [5.74, 6) is -1.99. The number of aliphatic carboxylic acids is 1. The molecule has 0 aliphatic rings. The lowest BCUT2D eigenvalue weighted by Crippen LogP contribution is -2.61. The maximum absolute atomic E-state index is 12.8. The highest BCUT2D eigenvalue weighted by molar-refractivity contribution is 9.10. The van der Waals surface area contributed by atoms with E-state index in [9.17, 15) is 18.0 Å². The number of benzene rings is 1. The third kappa shape index (κ3) is 3.19. The standard InChI is InChI=1S/C11H11BrF3NO3/c1-19-8-3-2-7(12)4-6(8)5-10(16,9(17)18)11(13,14)15/h2-4H,5,16H2,1H3,(H,17,18). The number of hydrogen-bond acceptors (Lipinski definition) is 3. The van der Waals surface area contributed by atoms with E-state index in [0.717, 1.165) is 0 Å². The van der Waals surface area contributed by atoms with Crippen molar-refractivity contribution in [2.75, 3.05) is 7.11 Å². The number of rotatable bonds is 4. The Labute approximate surface area is 115 Å². The third-order valence-electron chi connectivity index (χ3n) is 2.60. The van der Waals surface area contributed by atoms with Crippen LogP contribution in [0.1, 0.15) is 5.56 Å². The van der Waals surface area contributed by atoms with E-state index in [2.05, 4.69) is 15.9 Å². The molecule has 1 aromatic rings. The fourth-order valence-electron chi connectivity index (χ4n) is 1.48. The van der Waals surface area contributed by atoms with Crippen LogP contribution in [-0.4, -0.2) is 29.9 Å². The number of halogens is 4. The van der Waals surface area contributed by atoms with Gasteiger partial charge in [-0.05, 0) is 23.8 Å². The molecule has 0 aliphatic heterocycles. The number of carbonyl (C=O) groups is 1. The average Bonchev–Trinajstić information content (AvgIpc) is 2.27. The fraction of sp³-hybridized carbons (Fsp3) is 0.364. The molecule has 1 unspecified atom stereocenters. The number of carboxylic acids is 1. The van der Waals surface area contributed by atoms with Crippen molar-refractivity contribution in [2.45, 2.75) is 18.1 Å². The van der Waals surface area contributed by atoms with E-state index in [1.807, 2.05) is 0 Å². The van der Waals surface area contributed by atoms with Crippen LogP contribution in [0, 0.1) is 0 Å². The number of ether oxygens (including phenoxy) is 1. The van der Waals surface area contributed by atoms with Crippen molar-refractivity contribution >= 4 is 21.9 Å². The SMILES string of the molecule is COc1ccc(Br)cc1CC(N)(C(=O)O)C(F)(F)F. The maximum Gasteiger partial charge on any atom is 0.417 e. The summed E-state index contributed by atoms with van der Waals surface area (Å²) >= 11 is 3.10. The zero-order chi connectivity index (χ0) is 14.8. The fourth-order valence-corrected chi connectivity index (χ4v) is 1.89. The lowest BCUT2D eigenvalue weighted by atomic mass is 9.90. The Morgan fingerprint density at radius 3 is 2.47 bits per heavy atom. The van der Waals surface area contributed by atoms with Gasteiger partial charge < -0.3 is 15.6 Å². The Hall–Kier alpha value is -1.28. The predicted octanol–water partition coefficient (Wildman–Crippen LogP) is 2.34. The van der Waals surface area contributed by atoms with Gasteiger partial charge in [-0.1, -0.05) is 15.9 Å². The van der Waals surface area contributed by atoms with E-state index in [1.165, 1.54) is 19.2 Å². The molecule has 0 fully saturated rings. The molecule has 0 spiro atoms. The smallest absolute Gasteiger partial charge is 0.417 e. The van der Waals surface area contributed by atoms with Crippen LogP contribution in [0.3, 0.4) is 0 Å². The van der Waals surface area contributed by atoms with E-state index >= 15 is 0 Å². The van der Waals surface area contributed by atoms with E-state index in [4.69, 9.17) is 15.6 Å². The Morgan fingerprint density at radius 1 is 1.47 bits per heavy atom. The molecule has 1 aromatic carbocycles. The molecule has 1 atom stereocenters. The second kappa shape index (κ2) is 5.38. The summed E-state index contributed by atoms with van der Waals surface area (Å²) in [6.07, 6.45) is -6.00. The average molecular weight is 342 g/mol. The van der Waals surface area contributed by atoms with Crippen LogP contribution in [0.5, 0.6) is 5.75 Å². The number of hydrogen-bond donors (Lipinski definition) is 2. The summed E-state index contributed by atoms with van der Waals surface area (Å²) in [5, 5.41) is 8.76. The van der Waals surface area contributed by atoms with E-state index < -0.39 is 24.1 Å². The van der Waals surface area contributed by atoms with Gasteiger partial charge in [-0.15, -0.1) is 0 Å². The van der Waals surface area contributed by atoms with Crippen LogP contribution in [0.15, 0.2) is 22.7 Å². The van der Waals surface area contributed by atoms with Crippen molar-refractivity contribution in [3.8, 4) is 5.75 Å². The minimum absolute atomic E-state index is 0.0547. The predicted molar refractivity (Wildman–Crippen MR) is 65.0 cm³/mol. The van der Waals surface area contributed by atoms with Gasteiger partial charge in [0.25, 0.3) is 0 Å². The molecule has 0 bridgehead atoms. The van der Waals surface area contributed by atoms with Gasteiger partial charge in [0.2, 0.25) is 5.54 Å². The summed E-state index contributed by atoms with van der Waals surface area (Å²) in [6, 6.07) is 4.34. The first-order chi connectivity index (χ1) is 8.61. The van der Waals surface area contributed by atoms with Gasteiger partial charge in [0.1, 0.15) is 5.75 Å². The molecule has 4 nitrogen and oxygen atoms in total. The lowest BCUT2D eigenvalue weighted by molar-refractivity contribution is -0.201. The molecule has 3 N–H and O–H groups in total. The van der Waals surface area contributed by atoms with Gasteiger partial charge >= 0.3 is 12.1 Å². The zero-order valence-corrected chi connectivity index (χ0v) is 11.4. The minimum atomic E-state index is -5.08. The highest BCUT2D eigenvalue weighted by Gasteiger charge is 2.58. The third-order valence-corrected chi connectivity index (χ3v) is 3.09. The van der Waals surface area contributed by atoms with Gasteiger partial charge in [-0.2, -0.15) is 13.2 Å². The van der Waals surface area contributed by atoms with Crippen molar-refractivity contribution in [3.63, 3.8) is 0 Å². The van der Waals surface area contributed by atoms with Crippen molar-refractivity contribution in [1.29, 1.82) is 0 Å². The normalized spacial score (nSPS) is 14.8. The molecule has 0 heterocycles. The maximum atomic E-state index is 12.8. The molecule has 0 saturated carbocycles.